The largest absolute Gasteiger partial charge is 0.351 e. The molecule has 4 rings (SSSR count). The van der Waals surface area contributed by atoms with Crippen LogP contribution in [0, 0.1) is 11.3 Å². The molecule has 2 saturated carbocycles. The maximum absolute atomic E-state index is 12.4. The minimum Gasteiger partial charge on any atom is -0.351 e. The summed E-state index contributed by atoms with van der Waals surface area (Å²) in [7, 11) is 0. The van der Waals surface area contributed by atoms with Gasteiger partial charge in [0.15, 0.2) is 0 Å². The molecule has 2 atom stereocenters. The molecule has 2 aliphatic rings. The van der Waals surface area contributed by atoms with E-state index < -0.39 is 0 Å². The van der Waals surface area contributed by atoms with E-state index in [4.69, 9.17) is 0 Å². The molecule has 0 aliphatic heterocycles. The summed E-state index contributed by atoms with van der Waals surface area (Å²) in [5.74, 6) is 1.30. The molecular formula is C13H15N5OS. The molecule has 2 fully saturated rings. The Morgan fingerprint density at radius 2 is 2.55 bits per heavy atom. The molecule has 2 aromatic rings. The number of carbonyl (C=O) groups is 1. The second-order valence-electron chi connectivity index (χ2n) is 5.74. The van der Waals surface area contributed by atoms with Gasteiger partial charge >= 0.3 is 0 Å². The molecule has 6 nitrogen and oxygen atoms in total. The molecule has 2 N–H and O–H groups in total. The molecule has 0 radical (unpaired) electrons. The summed E-state index contributed by atoms with van der Waals surface area (Å²) in [4.78, 5) is 13.0. The number of amides is 1. The number of aromatic nitrogens is 4. The minimum atomic E-state index is -0.0216. The van der Waals surface area contributed by atoms with Crippen molar-refractivity contribution < 1.29 is 4.79 Å². The highest BCUT2D eigenvalue weighted by Crippen LogP contribution is 2.63. The Labute approximate surface area is 120 Å². The van der Waals surface area contributed by atoms with Gasteiger partial charge in [-0.15, -0.1) is 21.5 Å². The third kappa shape index (κ3) is 1.84. The highest BCUT2D eigenvalue weighted by Gasteiger charge is 2.56. The van der Waals surface area contributed by atoms with Crippen LogP contribution in [0.15, 0.2) is 11.4 Å². The van der Waals surface area contributed by atoms with Gasteiger partial charge in [-0.05, 0) is 47.3 Å². The molecule has 0 unspecified atom stereocenters. The van der Waals surface area contributed by atoms with E-state index in [0.29, 0.717) is 16.1 Å². The van der Waals surface area contributed by atoms with Gasteiger partial charge in [0.2, 0.25) is 5.82 Å². The van der Waals surface area contributed by atoms with Crippen LogP contribution in [0.5, 0.6) is 0 Å². The van der Waals surface area contributed by atoms with Crippen molar-refractivity contribution in [2.24, 2.45) is 11.3 Å². The van der Waals surface area contributed by atoms with E-state index in [1.165, 1.54) is 37.0 Å². The SMILES string of the molecule is O=C(NC[C@@]12CCC[C@@H]1C2)c1sccc1-c1nn[nH]n1. The van der Waals surface area contributed by atoms with Gasteiger partial charge in [-0.1, -0.05) is 6.42 Å². The number of nitrogens with zero attached hydrogens (tertiary/aromatic N) is 3. The van der Waals surface area contributed by atoms with Gasteiger partial charge in [-0.3, -0.25) is 4.79 Å². The fourth-order valence-corrected chi connectivity index (χ4v) is 4.23. The zero-order chi connectivity index (χ0) is 13.6. The van der Waals surface area contributed by atoms with Crippen LogP contribution in [0.2, 0.25) is 0 Å². The standard InChI is InChI=1S/C13H15N5OS/c19-12(14-7-13-4-1-2-8(13)6-13)10-9(3-5-20-10)11-15-17-18-16-11/h3,5,8H,1-2,4,6-7H2,(H,14,19)(H,15,16,17,18)/t8-,13+/m1/s1. The number of tetrazole rings is 1. The van der Waals surface area contributed by atoms with Crippen molar-refractivity contribution in [3.63, 3.8) is 0 Å². The summed E-state index contributed by atoms with van der Waals surface area (Å²) >= 11 is 1.42. The number of nitrogens with one attached hydrogen (secondary N) is 2. The van der Waals surface area contributed by atoms with Crippen LogP contribution in [-0.4, -0.2) is 33.1 Å². The van der Waals surface area contributed by atoms with Gasteiger partial charge < -0.3 is 5.32 Å². The number of fused-ring (bicyclic) bond motifs is 1. The Morgan fingerprint density at radius 3 is 3.25 bits per heavy atom. The molecule has 2 aliphatic carbocycles. The van der Waals surface area contributed by atoms with Crippen LogP contribution in [0.3, 0.4) is 0 Å². The Kier molecular flexibility index (Phi) is 2.63. The number of rotatable bonds is 4. The number of carbonyl (C=O) groups excluding carboxylic acids is 1. The number of aromatic amines is 1. The predicted molar refractivity (Wildman–Crippen MR) is 74.2 cm³/mol. The first kappa shape index (κ1) is 12.0. The van der Waals surface area contributed by atoms with Crippen molar-refractivity contribution in [1.82, 2.24) is 25.9 Å². The van der Waals surface area contributed by atoms with Crippen molar-refractivity contribution in [3.05, 3.63) is 16.3 Å². The zero-order valence-corrected chi connectivity index (χ0v) is 11.7. The lowest BCUT2D eigenvalue weighted by molar-refractivity contribution is 0.0948. The third-order valence-corrected chi connectivity index (χ3v) is 5.56. The minimum absolute atomic E-state index is 0.0216. The monoisotopic (exact) mass is 289 g/mol. The Bertz CT molecular complexity index is 637. The molecule has 7 heteroatoms. The van der Waals surface area contributed by atoms with E-state index in [2.05, 4.69) is 25.9 Å². The fraction of sp³-hybridized carbons (Fsp3) is 0.538. The number of hydrogen-bond acceptors (Lipinski definition) is 5. The molecule has 0 bridgehead atoms. The van der Waals surface area contributed by atoms with E-state index in [1.807, 2.05) is 11.4 Å². The van der Waals surface area contributed by atoms with Crippen molar-refractivity contribution in [3.8, 4) is 11.4 Å². The topological polar surface area (TPSA) is 83.6 Å². The molecular weight excluding hydrogens is 274 g/mol. The molecule has 0 aromatic carbocycles. The third-order valence-electron chi connectivity index (χ3n) is 4.64. The molecule has 104 valence electrons. The predicted octanol–water partition coefficient (Wildman–Crippen LogP) is 1.85. The Hall–Kier alpha value is -1.76. The Morgan fingerprint density at radius 1 is 1.60 bits per heavy atom. The number of H-pyrrole nitrogens is 1. The summed E-state index contributed by atoms with van der Waals surface area (Å²) in [6.07, 6.45) is 5.20. The molecule has 1 amide bonds. The van der Waals surface area contributed by atoms with E-state index in [1.54, 1.807) is 0 Å². The van der Waals surface area contributed by atoms with Crippen LogP contribution in [0.1, 0.15) is 35.4 Å². The summed E-state index contributed by atoms with van der Waals surface area (Å²) in [5.41, 5.74) is 1.16. The van der Waals surface area contributed by atoms with Crippen LogP contribution >= 0.6 is 11.3 Å². The highest BCUT2D eigenvalue weighted by atomic mass is 32.1. The van der Waals surface area contributed by atoms with Gasteiger partial charge in [0.1, 0.15) is 4.88 Å². The number of hydrogen-bond donors (Lipinski definition) is 2. The lowest BCUT2D eigenvalue weighted by Gasteiger charge is -2.12. The lowest BCUT2D eigenvalue weighted by atomic mass is 10.0. The van der Waals surface area contributed by atoms with Crippen LogP contribution in [-0.2, 0) is 0 Å². The van der Waals surface area contributed by atoms with Crippen molar-refractivity contribution >= 4 is 17.2 Å². The average molecular weight is 289 g/mol. The van der Waals surface area contributed by atoms with Gasteiger partial charge in [-0.2, -0.15) is 5.21 Å². The first-order chi connectivity index (χ1) is 9.78. The van der Waals surface area contributed by atoms with E-state index in [-0.39, 0.29) is 5.91 Å². The van der Waals surface area contributed by atoms with E-state index >= 15 is 0 Å². The molecule has 0 spiro atoms. The van der Waals surface area contributed by atoms with E-state index in [9.17, 15) is 4.79 Å². The summed E-state index contributed by atoms with van der Waals surface area (Å²) in [6, 6.07) is 1.86. The van der Waals surface area contributed by atoms with Crippen LogP contribution < -0.4 is 5.32 Å². The maximum Gasteiger partial charge on any atom is 0.262 e. The van der Waals surface area contributed by atoms with Gasteiger partial charge in [-0.25, -0.2) is 0 Å². The normalized spacial score (nSPS) is 27.3. The molecule has 2 aromatic heterocycles. The van der Waals surface area contributed by atoms with Gasteiger partial charge in [0.25, 0.3) is 5.91 Å². The molecule has 2 heterocycles. The second-order valence-corrected chi connectivity index (χ2v) is 6.65. The van der Waals surface area contributed by atoms with Crippen LogP contribution in [0.25, 0.3) is 11.4 Å². The van der Waals surface area contributed by atoms with Crippen molar-refractivity contribution in [2.75, 3.05) is 6.54 Å². The molecule has 0 saturated heterocycles. The first-order valence-corrected chi connectivity index (χ1v) is 7.76. The fourth-order valence-electron chi connectivity index (χ4n) is 3.43. The van der Waals surface area contributed by atoms with Gasteiger partial charge in [0.05, 0.1) is 0 Å². The number of thiophene rings is 1. The average Bonchev–Trinajstić information content (AvgIpc) is 3.00. The Balaban J connectivity index is 1.48. The summed E-state index contributed by atoms with van der Waals surface area (Å²) in [5, 5.41) is 18.8. The van der Waals surface area contributed by atoms with Crippen molar-refractivity contribution in [1.29, 1.82) is 0 Å². The zero-order valence-electron chi connectivity index (χ0n) is 10.9. The summed E-state index contributed by atoms with van der Waals surface area (Å²) in [6.45, 7) is 0.806. The second kappa shape index (κ2) is 4.37. The summed E-state index contributed by atoms with van der Waals surface area (Å²) < 4.78 is 0. The van der Waals surface area contributed by atoms with Crippen LogP contribution in [0.4, 0.5) is 0 Å². The van der Waals surface area contributed by atoms with Crippen molar-refractivity contribution in [2.45, 2.75) is 25.7 Å². The lowest BCUT2D eigenvalue weighted by Crippen LogP contribution is -2.30. The quantitative estimate of drug-likeness (QED) is 0.899. The highest BCUT2D eigenvalue weighted by molar-refractivity contribution is 7.12. The smallest absolute Gasteiger partial charge is 0.262 e. The van der Waals surface area contributed by atoms with Gasteiger partial charge in [0, 0.05) is 12.1 Å². The maximum atomic E-state index is 12.4. The first-order valence-electron chi connectivity index (χ1n) is 6.88. The molecule has 20 heavy (non-hydrogen) atoms. The van der Waals surface area contributed by atoms with E-state index in [0.717, 1.165) is 18.0 Å².